The van der Waals surface area contributed by atoms with Crippen molar-refractivity contribution >= 4 is 111 Å². The summed E-state index contributed by atoms with van der Waals surface area (Å²) in [6.45, 7) is 3.30. The third kappa shape index (κ3) is 15.5. The summed E-state index contributed by atoms with van der Waals surface area (Å²) in [5.41, 5.74) is 1.11. The van der Waals surface area contributed by atoms with E-state index in [0.717, 1.165) is 44.2 Å². The average molecular weight is 1320 g/mol. The summed E-state index contributed by atoms with van der Waals surface area (Å²) in [5, 5.41) is 9.00. The molecule has 2 saturated heterocycles. The molecule has 10 aromatic rings. The molecule has 2 atom stereocenters. The van der Waals surface area contributed by atoms with Gasteiger partial charge in [0, 0.05) is 25.7 Å². The van der Waals surface area contributed by atoms with Gasteiger partial charge in [0.05, 0.1) is 77.1 Å². The minimum Gasteiger partial charge on any atom is -0.495 e. The number of thiazole rings is 2. The Hall–Kier alpha value is -10.5. The van der Waals surface area contributed by atoms with Crippen LogP contribution >= 0.6 is 22.7 Å². The number of nitrogens with one attached hydrogen (secondary N) is 2. The normalized spacial score (nSPS) is 13.8. The molecule has 2 unspecified atom stereocenters. The van der Waals surface area contributed by atoms with Crippen molar-refractivity contribution in [3.05, 3.63) is 156 Å². The first-order valence-corrected chi connectivity index (χ1v) is 31.0. The lowest BCUT2D eigenvalue weighted by atomic mass is 10.1. The number of esters is 4. The van der Waals surface area contributed by atoms with Gasteiger partial charge in [0.25, 0.3) is 0 Å². The summed E-state index contributed by atoms with van der Waals surface area (Å²) < 4.78 is 78.9. The van der Waals surface area contributed by atoms with Gasteiger partial charge < -0.3 is 76.9 Å². The molecule has 2 aliphatic heterocycles. The van der Waals surface area contributed by atoms with Crippen molar-refractivity contribution in [2.45, 2.75) is 38.3 Å². The van der Waals surface area contributed by atoms with Crippen molar-refractivity contribution in [2.24, 2.45) is 0 Å². The number of benzene rings is 8. The monoisotopic (exact) mass is 1310 g/mol. The number of methoxy groups -OCH3 is 4. The van der Waals surface area contributed by atoms with Crippen LogP contribution in [-0.2, 0) is 28.5 Å². The van der Waals surface area contributed by atoms with E-state index >= 15 is 0 Å². The number of amides is 2. The van der Waals surface area contributed by atoms with Crippen LogP contribution in [0.2, 0.25) is 0 Å². The molecule has 0 aliphatic carbocycles. The Bertz CT molecular complexity index is 4260. The lowest BCUT2D eigenvalue weighted by molar-refractivity contribution is -0.121. The second kappa shape index (κ2) is 29.0. The van der Waals surface area contributed by atoms with Crippen molar-refractivity contribution in [1.82, 2.24) is 9.97 Å². The minimum atomic E-state index is -0.793. The third-order valence-corrected chi connectivity index (χ3v) is 16.5. The maximum atomic E-state index is 13.7. The molecular weight excluding hydrogens is 1260 g/mol. The number of anilines is 2. The molecule has 8 aromatic carbocycles. The van der Waals surface area contributed by atoms with Crippen LogP contribution in [0.3, 0.4) is 0 Å². The molecule has 2 amide bonds. The summed E-state index contributed by atoms with van der Waals surface area (Å²) in [6.07, 6.45) is 0.697. The number of carbonyl (C=O) groups excluding carboxylic acids is 6. The highest BCUT2D eigenvalue weighted by molar-refractivity contribution is 7.23. The van der Waals surface area contributed by atoms with Gasteiger partial charge in [-0.25, -0.2) is 29.1 Å². The molecule has 0 saturated carbocycles. The van der Waals surface area contributed by atoms with Gasteiger partial charge in [0.1, 0.15) is 56.6 Å². The van der Waals surface area contributed by atoms with Crippen LogP contribution in [-0.4, -0.2) is 126 Å². The lowest BCUT2D eigenvalue weighted by Gasteiger charge is -2.12. The van der Waals surface area contributed by atoms with E-state index in [0.29, 0.717) is 84.9 Å². The number of aromatic nitrogens is 2. The summed E-state index contributed by atoms with van der Waals surface area (Å²) in [7, 11) is 5.65. The number of carbonyl (C=O) groups is 6. The minimum absolute atomic E-state index is 0.0495. The van der Waals surface area contributed by atoms with Gasteiger partial charge in [-0.1, -0.05) is 46.9 Å². The SMILES string of the molecule is COc1cc(C(=O)Oc2ccc(OC)c3sc(NC(=O)CCC(=O)Nc4nc5c(OC(=O)c6ccc(OC(=O)c7ccc8cc(OCCCOC9CO9)ccc8c7)c(OC)c6)ccc(OC)c5s4)nc23)ccc1OC(=O)c1ccc2cc(OCCCOC3CO3)ccc2c1. The van der Waals surface area contributed by atoms with E-state index in [4.69, 9.17) is 66.3 Å². The van der Waals surface area contributed by atoms with E-state index in [9.17, 15) is 28.8 Å². The van der Waals surface area contributed by atoms with Crippen LogP contribution in [0.15, 0.2) is 133 Å². The standard InChI is InChI=1S/C68H58N4O20S2/c1-79-51-21-19-49(91-65(77)43-13-17-47(53(33-43)81-3)89-63(75)41-9-7-39-31-45(15-11-37(39)29-41)83-25-5-27-85-57-35-87-57)59-61(51)93-67(71-59)69-55(73)23-24-56(74)70-68-72-60-50(20-22-52(80-2)62(60)94-68)92-66(78)44-14-18-48(54(34-44)82-4)90-64(76)42-10-8-40-32-46(16-12-38(40)30-42)84-26-6-28-86-58-36-88-58/h7-22,29-34,57-58H,5-6,23-28,35-36H2,1-4H3,(H,69,71,73)(H,70,72,74). The van der Waals surface area contributed by atoms with Gasteiger partial charge in [-0.3, -0.25) is 9.59 Å². The first-order chi connectivity index (χ1) is 45.8. The van der Waals surface area contributed by atoms with Crippen molar-refractivity contribution < 1.29 is 95.1 Å². The quantitative estimate of drug-likeness (QED) is 0.0191. The fraction of sp³-hybridized carbons (Fsp3) is 0.235. The number of hydrogen-bond donors (Lipinski definition) is 2. The van der Waals surface area contributed by atoms with Crippen LogP contribution in [0, 0.1) is 0 Å². The Kier molecular flexibility index (Phi) is 19.6. The number of fused-ring (bicyclic) bond motifs is 4. The van der Waals surface area contributed by atoms with E-state index in [2.05, 4.69) is 20.6 Å². The zero-order valence-electron chi connectivity index (χ0n) is 50.8. The Morgan fingerprint density at radius 3 is 1.15 bits per heavy atom. The molecule has 12 rings (SSSR count). The number of nitrogens with zero attached hydrogens (tertiary/aromatic N) is 2. The number of epoxide rings is 2. The van der Waals surface area contributed by atoms with Crippen molar-refractivity contribution in [3.8, 4) is 57.5 Å². The van der Waals surface area contributed by atoms with E-state index in [1.807, 2.05) is 36.4 Å². The average Bonchev–Trinajstić information content (AvgIpc) is 1.57. The number of rotatable bonds is 29. The molecule has 24 nitrogen and oxygen atoms in total. The zero-order chi connectivity index (χ0) is 65.2. The fourth-order valence-electron chi connectivity index (χ4n) is 9.58. The Morgan fingerprint density at radius 1 is 0.415 bits per heavy atom. The molecule has 2 N–H and O–H groups in total. The van der Waals surface area contributed by atoms with Crippen LogP contribution in [0.5, 0.6) is 57.5 Å². The fourth-order valence-corrected chi connectivity index (χ4v) is 11.6. The maximum absolute atomic E-state index is 13.7. The van der Waals surface area contributed by atoms with Crippen LogP contribution < -0.4 is 58.0 Å². The number of hydrogen-bond acceptors (Lipinski definition) is 24. The number of ether oxygens (including phenoxy) is 14. The van der Waals surface area contributed by atoms with E-state index < -0.39 is 35.7 Å². The third-order valence-electron chi connectivity index (χ3n) is 14.5. The van der Waals surface area contributed by atoms with Gasteiger partial charge in [-0.05, 0) is 131 Å². The Labute approximate surface area is 543 Å². The van der Waals surface area contributed by atoms with E-state index in [1.165, 1.54) is 77.0 Å². The molecular formula is C68H58N4O20S2. The summed E-state index contributed by atoms with van der Waals surface area (Å²) >= 11 is 2.12. The topological polar surface area (TPSA) is 288 Å². The van der Waals surface area contributed by atoms with Crippen LogP contribution in [0.25, 0.3) is 42.0 Å². The van der Waals surface area contributed by atoms with Crippen molar-refractivity contribution in [3.63, 3.8) is 0 Å². The smallest absolute Gasteiger partial charge is 0.343 e. The van der Waals surface area contributed by atoms with E-state index in [-0.39, 0.29) is 103 Å². The molecule has 2 aliphatic rings. The first kappa shape index (κ1) is 63.7. The second-order valence-corrected chi connectivity index (χ2v) is 22.9. The summed E-state index contributed by atoms with van der Waals surface area (Å²) in [5.74, 6) is -1.44. The molecule has 482 valence electrons. The van der Waals surface area contributed by atoms with Gasteiger partial charge in [-0.2, -0.15) is 0 Å². The molecule has 26 heteroatoms. The van der Waals surface area contributed by atoms with Crippen molar-refractivity contribution in [1.29, 1.82) is 0 Å². The van der Waals surface area contributed by atoms with E-state index in [1.54, 1.807) is 48.5 Å². The Morgan fingerprint density at radius 2 is 0.755 bits per heavy atom. The maximum Gasteiger partial charge on any atom is 0.343 e. The Balaban J connectivity index is 0.631. The summed E-state index contributed by atoms with van der Waals surface area (Å²) in [6, 6.07) is 36.0. The molecule has 2 fully saturated rings. The molecule has 4 heterocycles. The highest BCUT2D eigenvalue weighted by atomic mass is 32.1. The summed E-state index contributed by atoms with van der Waals surface area (Å²) in [4.78, 5) is 90.0. The van der Waals surface area contributed by atoms with Gasteiger partial charge in [0.15, 0.2) is 57.3 Å². The lowest BCUT2D eigenvalue weighted by Crippen LogP contribution is -2.17. The highest BCUT2D eigenvalue weighted by Gasteiger charge is 2.26. The van der Waals surface area contributed by atoms with Crippen molar-refractivity contribution in [2.75, 3.05) is 78.7 Å². The molecule has 0 bridgehead atoms. The van der Waals surface area contributed by atoms with Crippen LogP contribution in [0.4, 0.5) is 10.3 Å². The van der Waals surface area contributed by atoms with Gasteiger partial charge in [0.2, 0.25) is 11.8 Å². The molecule has 0 radical (unpaired) electrons. The zero-order valence-corrected chi connectivity index (χ0v) is 52.4. The highest BCUT2D eigenvalue weighted by Crippen LogP contribution is 2.42. The van der Waals surface area contributed by atoms with Gasteiger partial charge in [-0.15, -0.1) is 0 Å². The van der Waals surface area contributed by atoms with Crippen LogP contribution in [0.1, 0.15) is 67.1 Å². The molecule has 2 aromatic heterocycles. The first-order valence-electron chi connectivity index (χ1n) is 29.4. The second-order valence-electron chi connectivity index (χ2n) is 20.9. The predicted octanol–water partition coefficient (Wildman–Crippen LogP) is 11.8. The largest absolute Gasteiger partial charge is 0.495 e. The molecule has 94 heavy (non-hydrogen) atoms. The predicted molar refractivity (Wildman–Crippen MR) is 344 cm³/mol. The van der Waals surface area contributed by atoms with Gasteiger partial charge >= 0.3 is 23.9 Å². The molecule has 0 spiro atoms.